The number of hydrogen-bond donors (Lipinski definition) is 0. The van der Waals surface area contributed by atoms with Gasteiger partial charge >= 0.3 is 0 Å². The second-order valence-electron chi connectivity index (χ2n) is 10.2. The quantitative estimate of drug-likeness (QED) is 0.232. The summed E-state index contributed by atoms with van der Waals surface area (Å²) in [5, 5.41) is 2.68. The minimum absolute atomic E-state index is 0.510. The van der Waals surface area contributed by atoms with Crippen LogP contribution >= 0.6 is 0 Å². The third-order valence-electron chi connectivity index (χ3n) is 7.89. The van der Waals surface area contributed by atoms with Gasteiger partial charge in [0.2, 0.25) is 0 Å². The maximum atomic E-state index is 2.51. The first kappa shape index (κ1) is 24.1. The Labute approximate surface area is 225 Å². The molecule has 0 N–H and O–H groups in total. The van der Waals surface area contributed by atoms with E-state index in [9.17, 15) is 0 Å². The molecule has 0 saturated carbocycles. The highest BCUT2D eigenvalue weighted by Crippen LogP contribution is 2.50. The number of benzene rings is 5. The lowest BCUT2D eigenvalue weighted by Crippen LogP contribution is -2.12. The molecule has 188 valence electrons. The minimum atomic E-state index is 0.510. The summed E-state index contributed by atoms with van der Waals surface area (Å²) < 4.78 is 2.34. The summed E-state index contributed by atoms with van der Waals surface area (Å²) in [6.45, 7) is 4.40. The molecule has 1 aliphatic rings. The number of rotatable bonds is 2. The van der Waals surface area contributed by atoms with Crippen LogP contribution < -0.4 is 4.90 Å². The first-order valence-corrected chi connectivity index (χ1v) is 13.6. The molecule has 6 aromatic rings. The highest BCUT2D eigenvalue weighted by Gasteiger charge is 2.29. The molecule has 38 heavy (non-hydrogen) atoms. The van der Waals surface area contributed by atoms with Crippen molar-refractivity contribution in [1.29, 1.82) is 0 Å². The fourth-order valence-electron chi connectivity index (χ4n) is 5.97. The Kier molecular flexibility index (Phi) is 6.47. The van der Waals surface area contributed by atoms with Crippen LogP contribution in [0.25, 0.3) is 21.8 Å². The maximum absolute atomic E-state index is 2.51. The SMILES string of the molecule is CCC1Cc2ccc3c(c2N(c2ccccc2)c2ccccc21)c1ccccc1n3C.Cc1ccccc1. The molecule has 5 aromatic carbocycles. The van der Waals surface area contributed by atoms with Gasteiger partial charge in [0.1, 0.15) is 0 Å². The van der Waals surface area contributed by atoms with Crippen molar-refractivity contribution in [1.82, 2.24) is 4.57 Å². The third-order valence-corrected chi connectivity index (χ3v) is 7.89. The van der Waals surface area contributed by atoms with Gasteiger partial charge in [-0.1, -0.05) is 103 Å². The normalized spacial score (nSPS) is 14.4. The first-order valence-electron chi connectivity index (χ1n) is 13.6. The van der Waals surface area contributed by atoms with E-state index in [1.54, 1.807) is 0 Å². The molecule has 2 heteroatoms. The molecule has 1 atom stereocenters. The van der Waals surface area contributed by atoms with E-state index in [-0.39, 0.29) is 0 Å². The van der Waals surface area contributed by atoms with Gasteiger partial charge in [0, 0.05) is 34.7 Å². The lowest BCUT2D eigenvalue weighted by Gasteiger charge is -2.28. The van der Waals surface area contributed by atoms with Gasteiger partial charge in [-0.3, -0.25) is 0 Å². The Morgan fingerprint density at radius 1 is 0.684 bits per heavy atom. The molecule has 2 heterocycles. The van der Waals surface area contributed by atoms with Gasteiger partial charge < -0.3 is 9.47 Å². The second-order valence-corrected chi connectivity index (χ2v) is 10.2. The van der Waals surface area contributed by atoms with Gasteiger partial charge in [-0.25, -0.2) is 0 Å². The van der Waals surface area contributed by atoms with E-state index in [0.29, 0.717) is 5.92 Å². The monoisotopic (exact) mass is 494 g/mol. The molecule has 0 aliphatic carbocycles. The van der Waals surface area contributed by atoms with Gasteiger partial charge in [-0.05, 0) is 67.1 Å². The number of fused-ring (bicyclic) bond motifs is 6. The van der Waals surface area contributed by atoms with Crippen molar-refractivity contribution in [3.63, 3.8) is 0 Å². The van der Waals surface area contributed by atoms with Gasteiger partial charge in [0.05, 0.1) is 11.2 Å². The predicted octanol–water partition coefficient (Wildman–Crippen LogP) is 9.85. The number of aryl methyl sites for hydroxylation is 2. The molecule has 0 spiro atoms. The van der Waals surface area contributed by atoms with Crippen LogP contribution in [-0.4, -0.2) is 4.57 Å². The van der Waals surface area contributed by atoms with Crippen LogP contribution in [0.15, 0.2) is 121 Å². The van der Waals surface area contributed by atoms with E-state index in [0.717, 1.165) is 12.8 Å². The summed E-state index contributed by atoms with van der Waals surface area (Å²) >= 11 is 0. The van der Waals surface area contributed by atoms with E-state index in [1.807, 2.05) is 18.2 Å². The summed E-state index contributed by atoms with van der Waals surface area (Å²) in [4.78, 5) is 2.51. The van der Waals surface area contributed by atoms with Crippen LogP contribution in [0.5, 0.6) is 0 Å². The van der Waals surface area contributed by atoms with E-state index in [2.05, 4.69) is 133 Å². The van der Waals surface area contributed by atoms with Crippen LogP contribution in [0.1, 0.15) is 36.0 Å². The fourth-order valence-corrected chi connectivity index (χ4v) is 5.97. The van der Waals surface area contributed by atoms with Crippen molar-refractivity contribution >= 4 is 38.9 Å². The lowest BCUT2D eigenvalue weighted by molar-refractivity contribution is 0.667. The summed E-state index contributed by atoms with van der Waals surface area (Å²) in [6, 6.07) is 43.6. The molecule has 0 radical (unpaired) electrons. The van der Waals surface area contributed by atoms with Gasteiger partial charge in [-0.2, -0.15) is 0 Å². The number of hydrogen-bond acceptors (Lipinski definition) is 1. The number of para-hydroxylation sites is 3. The molecule has 0 fully saturated rings. The van der Waals surface area contributed by atoms with Gasteiger partial charge in [-0.15, -0.1) is 0 Å². The van der Waals surface area contributed by atoms with Crippen LogP contribution in [0.3, 0.4) is 0 Å². The molecule has 0 amide bonds. The largest absolute Gasteiger partial charge is 0.344 e. The zero-order chi connectivity index (χ0) is 26.1. The second kappa shape index (κ2) is 10.2. The number of aromatic nitrogens is 1. The smallest absolute Gasteiger partial charge is 0.0594 e. The fraction of sp³-hybridized carbons (Fsp3) is 0.167. The minimum Gasteiger partial charge on any atom is -0.344 e. The Balaban J connectivity index is 0.000000330. The lowest BCUT2D eigenvalue weighted by atomic mass is 9.89. The highest BCUT2D eigenvalue weighted by atomic mass is 15.2. The van der Waals surface area contributed by atoms with Gasteiger partial charge in [0.15, 0.2) is 0 Å². The van der Waals surface area contributed by atoms with Gasteiger partial charge in [0.25, 0.3) is 0 Å². The zero-order valence-electron chi connectivity index (χ0n) is 22.4. The zero-order valence-corrected chi connectivity index (χ0v) is 22.4. The molecular formula is C36H34N2. The van der Waals surface area contributed by atoms with Crippen LogP contribution in [0.2, 0.25) is 0 Å². The number of nitrogens with zero attached hydrogens (tertiary/aromatic N) is 2. The van der Waals surface area contributed by atoms with E-state index in [1.165, 1.54) is 55.6 Å². The predicted molar refractivity (Wildman–Crippen MR) is 163 cm³/mol. The Hall–Kier alpha value is -4.30. The standard InChI is InChI=1S/C29H26N2.C7H8/c1-3-20-19-21-17-18-27-28(24-14-8-9-15-25(24)30(27)2)29(21)31(22-11-5-4-6-12-22)26-16-10-7-13-23(20)26;1-7-5-3-2-4-6-7/h4-18,20H,3,19H2,1-2H3;2-6H,1H3. The van der Waals surface area contributed by atoms with Crippen molar-refractivity contribution in [2.24, 2.45) is 7.05 Å². The summed E-state index contributed by atoms with van der Waals surface area (Å²) in [7, 11) is 2.18. The average Bonchev–Trinajstić information content (AvgIpc) is 3.17. The molecule has 1 aliphatic heterocycles. The molecule has 0 saturated heterocycles. The van der Waals surface area contributed by atoms with Crippen molar-refractivity contribution < 1.29 is 0 Å². The Morgan fingerprint density at radius 3 is 2.05 bits per heavy atom. The topological polar surface area (TPSA) is 8.17 Å². The van der Waals surface area contributed by atoms with E-state index >= 15 is 0 Å². The maximum Gasteiger partial charge on any atom is 0.0594 e. The Morgan fingerprint density at radius 2 is 1.34 bits per heavy atom. The van der Waals surface area contributed by atoms with Crippen LogP contribution in [0, 0.1) is 6.92 Å². The van der Waals surface area contributed by atoms with E-state index in [4.69, 9.17) is 0 Å². The van der Waals surface area contributed by atoms with E-state index < -0.39 is 0 Å². The molecule has 7 rings (SSSR count). The van der Waals surface area contributed by atoms with Crippen molar-refractivity contribution in [3.8, 4) is 0 Å². The highest BCUT2D eigenvalue weighted by molar-refractivity contribution is 6.16. The summed E-state index contributed by atoms with van der Waals surface area (Å²) in [6.07, 6.45) is 2.19. The molecule has 1 aromatic heterocycles. The summed E-state index contributed by atoms with van der Waals surface area (Å²) in [5.41, 5.74) is 10.6. The molecule has 2 nitrogen and oxygen atoms in total. The van der Waals surface area contributed by atoms with Crippen LogP contribution in [0.4, 0.5) is 17.1 Å². The Bertz CT molecular complexity index is 1700. The molecular weight excluding hydrogens is 460 g/mol. The molecule has 1 unspecified atom stereocenters. The number of anilines is 3. The summed E-state index contributed by atoms with van der Waals surface area (Å²) in [5.74, 6) is 0.510. The first-order chi connectivity index (χ1) is 18.7. The van der Waals surface area contributed by atoms with Crippen molar-refractivity contribution in [2.75, 3.05) is 4.90 Å². The van der Waals surface area contributed by atoms with Crippen molar-refractivity contribution in [3.05, 3.63) is 138 Å². The average molecular weight is 495 g/mol. The molecule has 0 bridgehead atoms. The third kappa shape index (κ3) is 4.16. The van der Waals surface area contributed by atoms with Crippen LogP contribution in [-0.2, 0) is 13.5 Å². The van der Waals surface area contributed by atoms with Crippen molar-refractivity contribution in [2.45, 2.75) is 32.6 Å².